The highest BCUT2D eigenvalue weighted by molar-refractivity contribution is 5.01. The maximum atomic E-state index is 10.6. The molecule has 2 rings (SSSR count). The third-order valence-corrected chi connectivity index (χ3v) is 5.75. The second kappa shape index (κ2) is 4.98. The number of aliphatic hydroxyl groups is 1. The molecule has 0 aromatic carbocycles. The Morgan fingerprint density at radius 1 is 1.05 bits per heavy atom. The van der Waals surface area contributed by atoms with Crippen LogP contribution >= 0.6 is 0 Å². The molecule has 4 unspecified atom stereocenters. The molecule has 1 N–H and O–H groups in total. The van der Waals surface area contributed by atoms with Gasteiger partial charge in [0.1, 0.15) is 0 Å². The van der Waals surface area contributed by atoms with Gasteiger partial charge in [0.15, 0.2) is 0 Å². The maximum Gasteiger partial charge on any atom is 0.0666 e. The molecule has 1 aliphatic carbocycles. The number of hydrogen-bond acceptors (Lipinski definition) is 2. The van der Waals surface area contributed by atoms with Gasteiger partial charge in [-0.15, -0.1) is 0 Å². The molecule has 20 heavy (non-hydrogen) atoms. The molecule has 0 aromatic rings. The lowest BCUT2D eigenvalue weighted by Crippen LogP contribution is -2.43. The molecule has 2 heteroatoms. The van der Waals surface area contributed by atoms with Crippen LogP contribution in [0.2, 0.25) is 0 Å². The van der Waals surface area contributed by atoms with E-state index in [1.807, 2.05) is 0 Å². The van der Waals surface area contributed by atoms with Crippen molar-refractivity contribution in [1.29, 1.82) is 0 Å². The zero-order valence-electron chi connectivity index (χ0n) is 14.5. The van der Waals surface area contributed by atoms with Crippen LogP contribution in [-0.2, 0) is 4.74 Å². The Bertz CT molecular complexity index is 351. The lowest BCUT2D eigenvalue weighted by Gasteiger charge is -2.44. The Kier molecular flexibility index (Phi) is 4.06. The summed E-state index contributed by atoms with van der Waals surface area (Å²) in [6.07, 6.45) is 4.20. The van der Waals surface area contributed by atoms with Crippen LogP contribution in [0.15, 0.2) is 0 Å². The van der Waals surface area contributed by atoms with Crippen LogP contribution in [0.1, 0.15) is 74.1 Å². The average molecular weight is 282 g/mol. The smallest absolute Gasteiger partial charge is 0.0666 e. The van der Waals surface area contributed by atoms with Crippen molar-refractivity contribution in [2.24, 2.45) is 23.2 Å². The Morgan fingerprint density at radius 2 is 1.65 bits per heavy atom. The maximum absolute atomic E-state index is 10.6. The standard InChI is InChI=1S/C18H34O2/c1-16(2,3)12-8-9-15(19)13(10-12)14-11-17(4,5)20-18(14,6)7/h12-15,19H,8-11H2,1-7H3. The quantitative estimate of drug-likeness (QED) is 0.772. The van der Waals surface area contributed by atoms with E-state index in [0.29, 0.717) is 17.3 Å². The second-order valence-electron chi connectivity index (χ2n) is 9.38. The van der Waals surface area contributed by atoms with Crippen molar-refractivity contribution in [1.82, 2.24) is 0 Å². The topological polar surface area (TPSA) is 29.5 Å². The molecule has 4 atom stereocenters. The molecule has 1 aliphatic heterocycles. The number of ether oxygens (including phenoxy) is 1. The van der Waals surface area contributed by atoms with E-state index in [2.05, 4.69) is 48.5 Å². The van der Waals surface area contributed by atoms with Crippen LogP contribution in [0.5, 0.6) is 0 Å². The molecule has 1 saturated heterocycles. The summed E-state index contributed by atoms with van der Waals surface area (Å²) >= 11 is 0. The van der Waals surface area contributed by atoms with Gasteiger partial charge in [-0.1, -0.05) is 20.8 Å². The molecule has 2 fully saturated rings. The highest BCUT2D eigenvalue weighted by Gasteiger charge is 2.52. The Morgan fingerprint density at radius 3 is 2.10 bits per heavy atom. The molecule has 0 aromatic heterocycles. The minimum absolute atomic E-state index is 0.0530. The van der Waals surface area contributed by atoms with E-state index >= 15 is 0 Å². The van der Waals surface area contributed by atoms with Crippen LogP contribution in [-0.4, -0.2) is 22.4 Å². The SMILES string of the molecule is CC1(C)CC(C2CC(C(C)(C)C)CCC2O)C(C)(C)O1. The second-order valence-corrected chi connectivity index (χ2v) is 9.38. The van der Waals surface area contributed by atoms with Gasteiger partial charge in [0.25, 0.3) is 0 Å². The van der Waals surface area contributed by atoms with Crippen LogP contribution in [0.4, 0.5) is 0 Å². The Hall–Kier alpha value is -0.0800. The molecule has 0 spiro atoms. The predicted molar refractivity (Wildman–Crippen MR) is 83.6 cm³/mol. The van der Waals surface area contributed by atoms with Crippen LogP contribution < -0.4 is 0 Å². The minimum Gasteiger partial charge on any atom is -0.393 e. The van der Waals surface area contributed by atoms with Crippen molar-refractivity contribution in [2.45, 2.75) is 91.5 Å². The summed E-state index contributed by atoms with van der Waals surface area (Å²) in [5.74, 6) is 1.58. The summed E-state index contributed by atoms with van der Waals surface area (Å²) in [7, 11) is 0. The Labute approximate surface area is 125 Å². The van der Waals surface area contributed by atoms with E-state index in [4.69, 9.17) is 4.74 Å². The monoisotopic (exact) mass is 282 g/mol. The fourth-order valence-electron chi connectivity index (χ4n) is 4.68. The molecule has 2 nitrogen and oxygen atoms in total. The summed E-state index contributed by atoms with van der Waals surface area (Å²) in [5, 5.41) is 10.6. The van der Waals surface area contributed by atoms with Gasteiger partial charge in [-0.05, 0) is 76.5 Å². The average Bonchev–Trinajstić information content (AvgIpc) is 2.45. The van der Waals surface area contributed by atoms with E-state index in [-0.39, 0.29) is 17.3 Å². The summed E-state index contributed by atoms with van der Waals surface area (Å²) in [6.45, 7) is 15.8. The van der Waals surface area contributed by atoms with E-state index in [1.165, 1.54) is 6.42 Å². The van der Waals surface area contributed by atoms with Crippen molar-refractivity contribution in [3.05, 3.63) is 0 Å². The first-order chi connectivity index (χ1) is 8.92. The number of hydrogen-bond donors (Lipinski definition) is 1. The van der Waals surface area contributed by atoms with Gasteiger partial charge >= 0.3 is 0 Å². The van der Waals surface area contributed by atoms with Crippen molar-refractivity contribution in [2.75, 3.05) is 0 Å². The molecule has 0 bridgehead atoms. The summed E-state index contributed by atoms with van der Waals surface area (Å²) < 4.78 is 6.26. The number of aliphatic hydroxyl groups excluding tert-OH is 1. The first kappa shape index (κ1) is 16.3. The first-order valence-corrected chi connectivity index (χ1v) is 8.31. The summed E-state index contributed by atoms with van der Waals surface area (Å²) in [6, 6.07) is 0. The van der Waals surface area contributed by atoms with Crippen LogP contribution in [0.25, 0.3) is 0 Å². The van der Waals surface area contributed by atoms with Gasteiger partial charge < -0.3 is 9.84 Å². The van der Waals surface area contributed by atoms with E-state index in [9.17, 15) is 5.11 Å². The van der Waals surface area contributed by atoms with Crippen molar-refractivity contribution in [3.63, 3.8) is 0 Å². The molecular weight excluding hydrogens is 248 g/mol. The van der Waals surface area contributed by atoms with E-state index < -0.39 is 0 Å². The largest absolute Gasteiger partial charge is 0.393 e. The van der Waals surface area contributed by atoms with Gasteiger partial charge in [0, 0.05) is 0 Å². The van der Waals surface area contributed by atoms with E-state index in [1.54, 1.807) is 0 Å². The molecule has 0 amide bonds. The van der Waals surface area contributed by atoms with Crippen molar-refractivity contribution >= 4 is 0 Å². The van der Waals surface area contributed by atoms with Gasteiger partial charge in [-0.2, -0.15) is 0 Å². The highest BCUT2D eigenvalue weighted by atomic mass is 16.5. The Balaban J connectivity index is 2.18. The minimum atomic E-state index is -0.143. The molecule has 1 saturated carbocycles. The lowest BCUT2D eigenvalue weighted by atomic mass is 9.62. The van der Waals surface area contributed by atoms with E-state index in [0.717, 1.165) is 25.2 Å². The van der Waals surface area contributed by atoms with Gasteiger partial charge in [-0.3, -0.25) is 0 Å². The van der Waals surface area contributed by atoms with Gasteiger partial charge in [0.05, 0.1) is 17.3 Å². The zero-order chi connectivity index (χ0) is 15.3. The van der Waals surface area contributed by atoms with Crippen molar-refractivity contribution in [3.8, 4) is 0 Å². The fraction of sp³-hybridized carbons (Fsp3) is 1.00. The highest BCUT2D eigenvalue weighted by Crippen LogP contribution is 2.51. The molecule has 1 heterocycles. The zero-order valence-corrected chi connectivity index (χ0v) is 14.5. The third-order valence-electron chi connectivity index (χ3n) is 5.75. The third kappa shape index (κ3) is 3.22. The lowest BCUT2D eigenvalue weighted by molar-refractivity contribution is -0.0965. The van der Waals surface area contributed by atoms with Gasteiger partial charge in [-0.25, -0.2) is 0 Å². The molecular formula is C18H34O2. The van der Waals surface area contributed by atoms with Crippen LogP contribution in [0.3, 0.4) is 0 Å². The molecule has 0 radical (unpaired) electrons. The normalized spacial score (nSPS) is 40.8. The summed E-state index contributed by atoms with van der Waals surface area (Å²) in [4.78, 5) is 0. The number of rotatable bonds is 1. The molecule has 118 valence electrons. The van der Waals surface area contributed by atoms with Gasteiger partial charge in [0.2, 0.25) is 0 Å². The summed E-state index contributed by atoms with van der Waals surface area (Å²) in [5.41, 5.74) is 0.176. The predicted octanol–water partition coefficient (Wildman–Crippen LogP) is 4.40. The van der Waals surface area contributed by atoms with Crippen LogP contribution in [0, 0.1) is 23.2 Å². The first-order valence-electron chi connectivity index (χ1n) is 8.31. The molecule has 2 aliphatic rings. The fourth-order valence-corrected chi connectivity index (χ4v) is 4.68. The van der Waals surface area contributed by atoms with Crippen molar-refractivity contribution < 1.29 is 9.84 Å².